The van der Waals surface area contributed by atoms with E-state index in [1.807, 2.05) is 18.2 Å². The van der Waals surface area contributed by atoms with Crippen LogP contribution in [0.4, 0.5) is 0 Å². The first-order valence-corrected chi connectivity index (χ1v) is 8.93. The van der Waals surface area contributed by atoms with Gasteiger partial charge in [-0.1, -0.05) is 49.4 Å². The second kappa shape index (κ2) is 8.25. The smallest absolute Gasteiger partial charge is 0.223 e. The number of rotatable bonds is 3. The Morgan fingerprint density at radius 3 is 2.88 bits per heavy atom. The number of aryl methyl sites for hydroxylation is 1. The van der Waals surface area contributed by atoms with Crippen molar-refractivity contribution in [3.63, 3.8) is 0 Å². The largest absolute Gasteiger partial charge is 0.357 e. The van der Waals surface area contributed by atoms with Crippen molar-refractivity contribution in [3.05, 3.63) is 47.8 Å². The third-order valence-corrected chi connectivity index (χ3v) is 4.79. The molecule has 1 aliphatic rings. The Labute approximate surface area is 148 Å². The van der Waals surface area contributed by atoms with Crippen LogP contribution in [0, 0.1) is 11.8 Å². The van der Waals surface area contributed by atoms with Gasteiger partial charge >= 0.3 is 0 Å². The number of carbonyl (C=O) groups excluding carboxylic acids is 1. The van der Waals surface area contributed by atoms with Gasteiger partial charge in [0.1, 0.15) is 6.73 Å². The minimum atomic E-state index is -0.0786. The number of fused-ring (bicyclic) bond motifs is 1. The summed E-state index contributed by atoms with van der Waals surface area (Å²) >= 11 is 0. The molecule has 1 aromatic carbocycles. The van der Waals surface area contributed by atoms with Crippen molar-refractivity contribution in [3.8, 4) is 0 Å². The minimum Gasteiger partial charge on any atom is -0.357 e. The Morgan fingerprint density at radius 2 is 2.12 bits per heavy atom. The number of aromatic nitrogens is 3. The minimum absolute atomic E-state index is 0.00385. The van der Waals surface area contributed by atoms with Crippen molar-refractivity contribution in [2.24, 2.45) is 11.8 Å². The normalized spacial score (nSPS) is 22.1. The molecule has 0 unspecified atom stereocenters. The summed E-state index contributed by atoms with van der Waals surface area (Å²) in [5, 5.41) is 11.3. The van der Waals surface area contributed by atoms with Gasteiger partial charge in [0.05, 0.1) is 24.5 Å². The lowest BCUT2D eigenvalue weighted by molar-refractivity contribution is -0.126. The van der Waals surface area contributed by atoms with Gasteiger partial charge in [-0.2, -0.15) is 0 Å². The fourth-order valence-electron chi connectivity index (χ4n) is 3.10. The number of ether oxygens (including phenoxy) is 1. The van der Waals surface area contributed by atoms with Crippen LogP contribution in [0.15, 0.2) is 36.5 Å². The summed E-state index contributed by atoms with van der Waals surface area (Å²) in [6.07, 6.45) is 4.02. The predicted octanol–water partition coefficient (Wildman–Crippen LogP) is 2.20. The van der Waals surface area contributed by atoms with E-state index >= 15 is 0 Å². The number of benzene rings is 1. The van der Waals surface area contributed by atoms with Crippen LogP contribution in [-0.4, -0.2) is 33.5 Å². The van der Waals surface area contributed by atoms with Crippen molar-refractivity contribution in [1.82, 2.24) is 20.3 Å². The Hall–Kier alpha value is -2.21. The van der Waals surface area contributed by atoms with Crippen LogP contribution in [0.3, 0.4) is 0 Å². The summed E-state index contributed by atoms with van der Waals surface area (Å²) in [6.45, 7) is 5.04. The maximum Gasteiger partial charge on any atom is 0.223 e. The van der Waals surface area contributed by atoms with Gasteiger partial charge < -0.3 is 10.1 Å². The van der Waals surface area contributed by atoms with Gasteiger partial charge in [0.15, 0.2) is 0 Å². The number of hydrogen-bond donors (Lipinski definition) is 1. The van der Waals surface area contributed by atoms with Gasteiger partial charge in [-0.15, -0.1) is 5.10 Å². The molecule has 0 aliphatic carbocycles. The first kappa shape index (κ1) is 17.6. The van der Waals surface area contributed by atoms with E-state index in [1.54, 1.807) is 10.9 Å². The van der Waals surface area contributed by atoms with Crippen LogP contribution in [0.2, 0.25) is 0 Å². The highest BCUT2D eigenvalue weighted by atomic mass is 16.5. The number of hydrogen-bond acceptors (Lipinski definition) is 4. The number of nitrogens with one attached hydrogen (secondary N) is 1. The molecule has 0 saturated heterocycles. The number of amides is 1. The topological polar surface area (TPSA) is 69.0 Å². The van der Waals surface area contributed by atoms with Gasteiger partial charge in [0.2, 0.25) is 5.91 Å². The van der Waals surface area contributed by atoms with Crippen molar-refractivity contribution in [2.45, 2.75) is 45.9 Å². The fourth-order valence-corrected chi connectivity index (χ4v) is 3.10. The van der Waals surface area contributed by atoms with Gasteiger partial charge in [-0.25, -0.2) is 4.68 Å². The zero-order valence-corrected chi connectivity index (χ0v) is 14.9. The van der Waals surface area contributed by atoms with Crippen LogP contribution in [0.1, 0.15) is 31.5 Å². The lowest BCUT2D eigenvalue weighted by atomic mass is 9.92. The van der Waals surface area contributed by atoms with Gasteiger partial charge in [-0.3, -0.25) is 4.79 Å². The summed E-state index contributed by atoms with van der Waals surface area (Å²) < 4.78 is 7.56. The molecular formula is C19H26N4O2. The van der Waals surface area contributed by atoms with Crippen molar-refractivity contribution in [1.29, 1.82) is 0 Å². The second-order valence-electron chi connectivity index (χ2n) is 7.01. The lowest BCUT2D eigenvalue weighted by Crippen LogP contribution is -2.45. The molecule has 0 saturated carbocycles. The Balaban J connectivity index is 1.81. The molecule has 0 fully saturated rings. The molecule has 2 aromatic rings. The van der Waals surface area contributed by atoms with E-state index in [0.29, 0.717) is 19.3 Å². The number of nitrogens with zero attached hydrogens (tertiary/aromatic N) is 3. The molecule has 0 radical (unpaired) electrons. The van der Waals surface area contributed by atoms with Gasteiger partial charge in [0.25, 0.3) is 0 Å². The summed E-state index contributed by atoms with van der Waals surface area (Å²) in [5.41, 5.74) is 2.19. The monoisotopic (exact) mass is 342 g/mol. The highest BCUT2D eigenvalue weighted by Gasteiger charge is 2.25. The van der Waals surface area contributed by atoms with E-state index in [-0.39, 0.29) is 17.9 Å². The summed E-state index contributed by atoms with van der Waals surface area (Å²) in [6, 6.07) is 10.2. The van der Waals surface area contributed by atoms with Crippen LogP contribution < -0.4 is 5.32 Å². The SMILES string of the molecule is CC(C)[C@H]1COCn2nncc2CC[C@H](Cc2ccccc2)C(=O)N1. The lowest BCUT2D eigenvalue weighted by Gasteiger charge is -2.25. The average molecular weight is 342 g/mol. The van der Waals surface area contributed by atoms with Crippen LogP contribution >= 0.6 is 0 Å². The summed E-state index contributed by atoms with van der Waals surface area (Å²) in [5.74, 6) is 0.328. The first-order valence-electron chi connectivity index (χ1n) is 8.93. The molecule has 1 N–H and O–H groups in total. The third-order valence-electron chi connectivity index (χ3n) is 4.79. The third kappa shape index (κ3) is 4.66. The van der Waals surface area contributed by atoms with E-state index in [4.69, 9.17) is 4.74 Å². The molecule has 1 aromatic heterocycles. The molecule has 0 bridgehead atoms. The van der Waals surface area contributed by atoms with E-state index in [0.717, 1.165) is 25.0 Å². The summed E-state index contributed by atoms with van der Waals surface area (Å²) in [7, 11) is 0. The second-order valence-corrected chi connectivity index (χ2v) is 7.01. The molecule has 134 valence electrons. The zero-order chi connectivity index (χ0) is 17.6. The molecule has 0 spiro atoms. The number of carbonyl (C=O) groups is 1. The molecule has 6 nitrogen and oxygen atoms in total. The molecule has 1 amide bonds. The van der Waals surface area contributed by atoms with Crippen LogP contribution in [-0.2, 0) is 29.1 Å². The summed E-state index contributed by atoms with van der Waals surface area (Å²) in [4.78, 5) is 12.9. The average Bonchev–Trinajstić information content (AvgIpc) is 3.04. The predicted molar refractivity (Wildman–Crippen MR) is 94.7 cm³/mol. The van der Waals surface area contributed by atoms with E-state index in [2.05, 4.69) is 41.6 Å². The van der Waals surface area contributed by atoms with E-state index in [1.165, 1.54) is 5.56 Å². The quantitative estimate of drug-likeness (QED) is 0.928. The highest BCUT2D eigenvalue weighted by molar-refractivity contribution is 5.79. The van der Waals surface area contributed by atoms with Crippen LogP contribution in [0.25, 0.3) is 0 Å². The van der Waals surface area contributed by atoms with Crippen molar-refractivity contribution >= 4 is 5.91 Å². The molecule has 2 heterocycles. The van der Waals surface area contributed by atoms with Gasteiger partial charge in [0, 0.05) is 5.92 Å². The van der Waals surface area contributed by atoms with Gasteiger partial charge in [-0.05, 0) is 30.7 Å². The molecule has 25 heavy (non-hydrogen) atoms. The van der Waals surface area contributed by atoms with E-state index < -0.39 is 0 Å². The molecule has 6 heteroatoms. The molecular weight excluding hydrogens is 316 g/mol. The Kier molecular flexibility index (Phi) is 5.81. The molecule has 2 atom stereocenters. The maximum atomic E-state index is 12.9. The standard InChI is InChI=1S/C19H26N4O2/c1-14(2)18-12-25-13-23-17(11-20-22-23)9-8-16(19(24)21-18)10-15-6-4-3-5-7-15/h3-7,11,14,16,18H,8-10,12-13H2,1-2H3,(H,21,24)/t16-,18-/m1/s1. The van der Waals surface area contributed by atoms with Crippen LogP contribution in [0.5, 0.6) is 0 Å². The maximum absolute atomic E-state index is 12.9. The fraction of sp³-hybridized carbons (Fsp3) is 0.526. The van der Waals surface area contributed by atoms with Crippen molar-refractivity contribution < 1.29 is 9.53 Å². The Morgan fingerprint density at radius 1 is 1.32 bits per heavy atom. The molecule has 1 aliphatic heterocycles. The zero-order valence-electron chi connectivity index (χ0n) is 14.9. The van der Waals surface area contributed by atoms with Crippen molar-refractivity contribution in [2.75, 3.05) is 6.61 Å². The highest BCUT2D eigenvalue weighted by Crippen LogP contribution is 2.18. The van der Waals surface area contributed by atoms with E-state index in [9.17, 15) is 4.79 Å². The molecule has 3 rings (SSSR count). The first-order chi connectivity index (χ1) is 12.1. The Bertz CT molecular complexity index is 684.